The third-order valence-electron chi connectivity index (χ3n) is 5.51. The van der Waals surface area contributed by atoms with Crippen LogP contribution in [0.3, 0.4) is 0 Å². The minimum Gasteiger partial charge on any atom is -0.493 e. The largest absolute Gasteiger partial charge is 0.493 e. The van der Waals surface area contributed by atoms with Crippen LogP contribution < -0.4 is 19.5 Å². The Bertz CT molecular complexity index is 776. The molecule has 1 N–H and O–H groups in total. The van der Waals surface area contributed by atoms with Gasteiger partial charge in [-0.2, -0.15) is 0 Å². The van der Waals surface area contributed by atoms with Crippen molar-refractivity contribution in [2.75, 3.05) is 41.0 Å². The van der Waals surface area contributed by atoms with Crippen molar-refractivity contribution in [1.29, 1.82) is 0 Å². The minimum absolute atomic E-state index is 0.156. The van der Waals surface area contributed by atoms with E-state index < -0.39 is 0 Å². The van der Waals surface area contributed by atoms with Crippen molar-refractivity contribution in [3.8, 4) is 17.2 Å². The quantitative estimate of drug-likeness (QED) is 0.703. The summed E-state index contributed by atoms with van der Waals surface area (Å²) < 4.78 is 16.1. The van der Waals surface area contributed by atoms with Gasteiger partial charge in [-0.15, -0.1) is 11.3 Å². The number of amides is 1. The summed E-state index contributed by atoms with van der Waals surface area (Å²) in [5.74, 6) is 2.03. The number of likely N-dealkylation sites (tertiary alicyclic amines) is 1. The molecule has 158 valence electrons. The van der Waals surface area contributed by atoms with Crippen LogP contribution in [0.4, 0.5) is 0 Å². The van der Waals surface area contributed by atoms with E-state index >= 15 is 0 Å². The molecule has 0 aliphatic carbocycles. The third-order valence-corrected chi connectivity index (χ3v) is 6.49. The van der Waals surface area contributed by atoms with Gasteiger partial charge in [0.25, 0.3) is 5.91 Å². The van der Waals surface area contributed by atoms with Crippen LogP contribution in [0.2, 0.25) is 0 Å². The van der Waals surface area contributed by atoms with E-state index in [9.17, 15) is 4.79 Å². The fourth-order valence-corrected chi connectivity index (χ4v) is 4.60. The van der Waals surface area contributed by atoms with Crippen LogP contribution in [0.25, 0.3) is 0 Å². The Morgan fingerprint density at radius 2 is 1.83 bits per heavy atom. The zero-order chi connectivity index (χ0) is 20.8. The molecule has 1 aliphatic rings. The van der Waals surface area contributed by atoms with Gasteiger partial charge in [0.15, 0.2) is 11.5 Å². The Kier molecular flexibility index (Phi) is 7.39. The Hall–Kier alpha value is -2.25. The molecule has 1 aromatic carbocycles. The molecule has 3 rings (SSSR count). The van der Waals surface area contributed by atoms with Gasteiger partial charge in [-0.1, -0.05) is 13.0 Å². The molecule has 1 amide bonds. The molecule has 6 nitrogen and oxygen atoms in total. The Morgan fingerprint density at radius 1 is 1.17 bits per heavy atom. The number of nitrogens with zero attached hydrogens (tertiary/aromatic N) is 1. The van der Waals surface area contributed by atoms with Crippen LogP contribution in [0.1, 0.15) is 41.0 Å². The number of carbonyl (C=O) groups is 1. The van der Waals surface area contributed by atoms with E-state index in [1.807, 2.05) is 0 Å². The first kappa shape index (κ1) is 21.5. The maximum absolute atomic E-state index is 12.9. The second-order valence-electron chi connectivity index (χ2n) is 7.37. The highest BCUT2D eigenvalue weighted by Gasteiger charge is 2.26. The molecule has 2 aromatic rings. The van der Waals surface area contributed by atoms with Gasteiger partial charge < -0.3 is 19.5 Å². The lowest BCUT2D eigenvalue weighted by Gasteiger charge is -2.36. The second-order valence-corrected chi connectivity index (χ2v) is 8.35. The number of thiophene rings is 1. The molecule has 0 saturated carbocycles. The molecule has 0 bridgehead atoms. The normalized spacial score (nSPS) is 16.3. The van der Waals surface area contributed by atoms with Crippen molar-refractivity contribution in [3.05, 3.63) is 40.1 Å². The Balaban J connectivity index is 1.75. The summed E-state index contributed by atoms with van der Waals surface area (Å²) in [4.78, 5) is 16.7. The maximum atomic E-state index is 12.9. The summed E-state index contributed by atoms with van der Waals surface area (Å²) in [6, 6.07) is 7.77. The van der Waals surface area contributed by atoms with Crippen molar-refractivity contribution < 1.29 is 19.0 Å². The zero-order valence-corrected chi connectivity index (χ0v) is 18.4. The van der Waals surface area contributed by atoms with E-state index in [1.54, 1.807) is 44.8 Å². The molecular formula is C22H30N2O4S. The lowest BCUT2D eigenvalue weighted by molar-refractivity contribution is 0.0914. The molecule has 1 fully saturated rings. The third kappa shape index (κ3) is 5.03. The van der Waals surface area contributed by atoms with Gasteiger partial charge in [0, 0.05) is 17.0 Å². The molecule has 29 heavy (non-hydrogen) atoms. The first-order valence-corrected chi connectivity index (χ1v) is 10.8. The molecule has 0 spiro atoms. The number of benzene rings is 1. The van der Waals surface area contributed by atoms with E-state index in [-0.39, 0.29) is 11.9 Å². The minimum atomic E-state index is -0.156. The average Bonchev–Trinajstić information content (AvgIpc) is 3.28. The molecule has 1 aromatic heterocycles. The van der Waals surface area contributed by atoms with Crippen molar-refractivity contribution in [3.63, 3.8) is 0 Å². The highest BCUT2D eigenvalue weighted by molar-refractivity contribution is 7.10. The highest BCUT2D eigenvalue weighted by atomic mass is 32.1. The number of piperidine rings is 1. The summed E-state index contributed by atoms with van der Waals surface area (Å²) in [6.45, 7) is 4.99. The predicted molar refractivity (Wildman–Crippen MR) is 115 cm³/mol. The lowest BCUT2D eigenvalue weighted by Crippen LogP contribution is -2.41. The van der Waals surface area contributed by atoms with Gasteiger partial charge in [-0.05, 0) is 55.4 Å². The van der Waals surface area contributed by atoms with Crippen LogP contribution in [0, 0.1) is 5.92 Å². The number of carbonyl (C=O) groups excluding carboxylic acids is 1. The smallest absolute Gasteiger partial charge is 0.251 e. The van der Waals surface area contributed by atoms with Crippen molar-refractivity contribution >= 4 is 17.2 Å². The van der Waals surface area contributed by atoms with Crippen molar-refractivity contribution in [2.24, 2.45) is 5.92 Å². The number of methoxy groups -OCH3 is 3. The van der Waals surface area contributed by atoms with Crippen LogP contribution in [-0.2, 0) is 0 Å². The Morgan fingerprint density at radius 3 is 2.34 bits per heavy atom. The summed E-state index contributed by atoms with van der Waals surface area (Å²) in [5.41, 5.74) is 0.483. The molecule has 0 unspecified atom stereocenters. The number of hydrogen-bond acceptors (Lipinski definition) is 6. The summed E-state index contributed by atoms with van der Waals surface area (Å²) in [7, 11) is 4.64. The van der Waals surface area contributed by atoms with E-state index in [2.05, 4.69) is 34.7 Å². The Labute approximate surface area is 176 Å². The number of nitrogens with one attached hydrogen (secondary N) is 1. The lowest BCUT2D eigenvalue weighted by atomic mass is 9.97. The molecular weight excluding hydrogens is 388 g/mol. The van der Waals surface area contributed by atoms with Crippen molar-refractivity contribution in [1.82, 2.24) is 10.2 Å². The summed E-state index contributed by atoms with van der Waals surface area (Å²) in [6.07, 6.45) is 2.39. The fraction of sp³-hybridized carbons (Fsp3) is 0.500. The first-order chi connectivity index (χ1) is 14.1. The van der Waals surface area contributed by atoms with E-state index in [4.69, 9.17) is 14.2 Å². The predicted octanol–water partition coefficient (Wildman–Crippen LogP) is 3.98. The van der Waals surface area contributed by atoms with Gasteiger partial charge in [0.2, 0.25) is 5.75 Å². The van der Waals surface area contributed by atoms with Gasteiger partial charge in [-0.25, -0.2) is 0 Å². The molecule has 0 radical (unpaired) electrons. The van der Waals surface area contributed by atoms with Gasteiger partial charge >= 0.3 is 0 Å². The van der Waals surface area contributed by atoms with Crippen LogP contribution in [0.5, 0.6) is 17.2 Å². The summed E-state index contributed by atoms with van der Waals surface area (Å²) >= 11 is 1.74. The number of ether oxygens (including phenoxy) is 3. The SMILES string of the molecule is COc1cc(C(=O)NC[C@H](c2cccs2)N2CCC(C)CC2)cc(OC)c1OC. The molecule has 1 atom stereocenters. The molecule has 1 saturated heterocycles. The van der Waals surface area contributed by atoms with Crippen molar-refractivity contribution in [2.45, 2.75) is 25.8 Å². The van der Waals surface area contributed by atoms with E-state index in [0.717, 1.165) is 19.0 Å². The van der Waals surface area contributed by atoms with E-state index in [1.165, 1.54) is 17.7 Å². The zero-order valence-electron chi connectivity index (χ0n) is 17.6. The fourth-order valence-electron chi connectivity index (χ4n) is 3.73. The standard InChI is InChI=1S/C22H30N2O4S/c1-15-7-9-24(10-8-15)17(20-6-5-11-29-20)14-23-22(25)16-12-18(26-2)21(28-4)19(13-16)27-3/h5-6,11-13,15,17H,7-10,14H2,1-4H3,(H,23,25)/t17-/m1/s1. The van der Waals surface area contributed by atoms with Gasteiger partial charge in [0.1, 0.15) is 0 Å². The monoisotopic (exact) mass is 418 g/mol. The maximum Gasteiger partial charge on any atom is 0.251 e. The first-order valence-electron chi connectivity index (χ1n) is 9.93. The topological polar surface area (TPSA) is 60.0 Å². The van der Waals surface area contributed by atoms with Crippen LogP contribution in [0.15, 0.2) is 29.6 Å². The molecule has 7 heteroatoms. The van der Waals surface area contributed by atoms with Crippen LogP contribution in [-0.4, -0.2) is 51.8 Å². The van der Waals surface area contributed by atoms with Gasteiger partial charge in [0.05, 0.1) is 27.4 Å². The number of hydrogen-bond donors (Lipinski definition) is 1. The number of rotatable bonds is 8. The van der Waals surface area contributed by atoms with E-state index in [0.29, 0.717) is 29.4 Å². The molecule has 2 heterocycles. The van der Waals surface area contributed by atoms with Gasteiger partial charge in [-0.3, -0.25) is 9.69 Å². The molecule has 1 aliphatic heterocycles. The summed E-state index contributed by atoms with van der Waals surface area (Å²) in [5, 5.41) is 5.20. The highest BCUT2D eigenvalue weighted by Crippen LogP contribution is 2.38. The second kappa shape index (κ2) is 9.98. The van der Waals surface area contributed by atoms with Crippen LogP contribution >= 0.6 is 11.3 Å². The average molecular weight is 419 g/mol.